The van der Waals surface area contributed by atoms with E-state index in [0.717, 1.165) is 0 Å². The van der Waals surface area contributed by atoms with Gasteiger partial charge in [0.25, 0.3) is 10.0 Å². The number of anilines is 1. The lowest BCUT2D eigenvalue weighted by Gasteiger charge is -2.11. The van der Waals surface area contributed by atoms with Crippen molar-refractivity contribution in [2.45, 2.75) is 11.1 Å². The number of thiazole rings is 1. The molecule has 0 unspecified atom stereocenters. The monoisotopic (exact) mass is 325 g/mol. The Balaban J connectivity index is 2.44. The molecule has 21 heavy (non-hydrogen) atoms. The number of H-pyrrole nitrogens is 1. The number of hydrogen-bond donors (Lipinski definition) is 2. The van der Waals surface area contributed by atoms with Crippen LogP contribution in [0.3, 0.4) is 0 Å². The Labute approximate surface area is 124 Å². The molecule has 2 aromatic rings. The highest BCUT2D eigenvalue weighted by Gasteiger charge is 2.22. The van der Waals surface area contributed by atoms with Crippen molar-refractivity contribution < 1.29 is 13.2 Å². The summed E-state index contributed by atoms with van der Waals surface area (Å²) in [4.78, 5) is 13.2. The topological polar surface area (TPSA) is 112 Å². The minimum atomic E-state index is -3.90. The van der Waals surface area contributed by atoms with E-state index in [0.29, 0.717) is 16.9 Å². The van der Waals surface area contributed by atoms with Gasteiger partial charge >= 0.3 is 4.87 Å². The molecule has 9 heteroatoms. The van der Waals surface area contributed by atoms with E-state index in [1.165, 1.54) is 32.2 Å². The molecule has 0 atom stereocenters. The van der Waals surface area contributed by atoms with Gasteiger partial charge in [-0.1, -0.05) is 11.3 Å². The molecule has 0 amide bonds. The lowest BCUT2D eigenvalue weighted by atomic mass is 10.2. The maximum Gasteiger partial charge on any atom is 0.306 e. The molecule has 7 nitrogen and oxygen atoms in total. The van der Waals surface area contributed by atoms with Crippen molar-refractivity contribution in [3.8, 4) is 11.8 Å². The second-order valence-corrected chi connectivity index (χ2v) is 6.92. The number of aromatic nitrogens is 1. The maximum absolute atomic E-state index is 12.3. The van der Waals surface area contributed by atoms with Crippen LogP contribution in [0, 0.1) is 18.3 Å². The van der Waals surface area contributed by atoms with Gasteiger partial charge in [0.2, 0.25) is 0 Å². The minimum absolute atomic E-state index is 0.0843. The van der Waals surface area contributed by atoms with E-state index in [9.17, 15) is 13.2 Å². The van der Waals surface area contributed by atoms with E-state index in [1.807, 2.05) is 6.07 Å². The van der Waals surface area contributed by atoms with Crippen LogP contribution in [-0.2, 0) is 10.0 Å². The van der Waals surface area contributed by atoms with Crippen LogP contribution in [0.2, 0.25) is 0 Å². The van der Waals surface area contributed by atoms with Crippen molar-refractivity contribution in [1.82, 2.24) is 4.98 Å². The van der Waals surface area contributed by atoms with E-state index in [4.69, 9.17) is 10.00 Å². The van der Waals surface area contributed by atoms with E-state index in [2.05, 4.69) is 9.71 Å². The van der Waals surface area contributed by atoms with Crippen LogP contribution < -0.4 is 14.3 Å². The van der Waals surface area contributed by atoms with Gasteiger partial charge in [0.15, 0.2) is 4.21 Å². The number of aromatic amines is 1. The molecule has 1 aromatic heterocycles. The van der Waals surface area contributed by atoms with E-state index in [-0.39, 0.29) is 21.3 Å². The van der Waals surface area contributed by atoms with Gasteiger partial charge in [-0.15, -0.1) is 0 Å². The first-order valence-electron chi connectivity index (χ1n) is 5.68. The van der Waals surface area contributed by atoms with E-state index < -0.39 is 14.9 Å². The molecule has 110 valence electrons. The normalized spacial score (nSPS) is 10.9. The van der Waals surface area contributed by atoms with Crippen LogP contribution >= 0.6 is 11.3 Å². The second kappa shape index (κ2) is 5.59. The Morgan fingerprint density at radius 3 is 2.67 bits per heavy atom. The molecule has 1 aromatic carbocycles. The fourth-order valence-electron chi connectivity index (χ4n) is 1.68. The van der Waals surface area contributed by atoms with Gasteiger partial charge in [-0.05, 0) is 19.1 Å². The van der Waals surface area contributed by atoms with Gasteiger partial charge in [0.1, 0.15) is 5.75 Å². The molecular formula is C12H11N3O4S2. The molecule has 0 bridgehead atoms. The number of ether oxygens (including phenoxy) is 1. The lowest BCUT2D eigenvalue weighted by Crippen LogP contribution is -2.13. The number of nitrogens with zero attached hydrogens (tertiary/aromatic N) is 1. The third-order valence-electron chi connectivity index (χ3n) is 2.60. The first kappa shape index (κ1) is 15.1. The fourth-order valence-corrected chi connectivity index (χ4v) is 4.06. The lowest BCUT2D eigenvalue weighted by molar-refractivity contribution is 0.416. The summed E-state index contributed by atoms with van der Waals surface area (Å²) in [5.41, 5.74) is 0.805. The van der Waals surface area contributed by atoms with Gasteiger partial charge in [0, 0.05) is 11.8 Å². The number of nitriles is 1. The Bertz CT molecular complexity index is 875. The zero-order valence-corrected chi connectivity index (χ0v) is 12.8. The highest BCUT2D eigenvalue weighted by molar-refractivity contribution is 7.94. The van der Waals surface area contributed by atoms with Crippen LogP contribution in [0.5, 0.6) is 5.75 Å². The van der Waals surface area contributed by atoms with Crippen LogP contribution in [0.15, 0.2) is 27.2 Å². The molecule has 1 heterocycles. The largest absolute Gasteiger partial charge is 0.495 e. The third kappa shape index (κ3) is 3.07. The number of methoxy groups -OCH3 is 1. The van der Waals surface area contributed by atoms with Gasteiger partial charge < -0.3 is 9.72 Å². The van der Waals surface area contributed by atoms with Crippen LogP contribution in [0.4, 0.5) is 5.69 Å². The Kier molecular flexibility index (Phi) is 4.02. The maximum atomic E-state index is 12.3. The Hall–Kier alpha value is -2.31. The molecule has 0 aliphatic heterocycles. The minimum Gasteiger partial charge on any atom is -0.495 e. The summed E-state index contributed by atoms with van der Waals surface area (Å²) in [5, 5.41) is 8.82. The van der Waals surface area contributed by atoms with Gasteiger partial charge in [-0.3, -0.25) is 9.52 Å². The average molecular weight is 325 g/mol. The number of sulfonamides is 1. The first-order chi connectivity index (χ1) is 9.87. The molecule has 0 saturated heterocycles. The number of benzene rings is 1. The molecule has 0 radical (unpaired) electrons. The van der Waals surface area contributed by atoms with Crippen LogP contribution in [0.25, 0.3) is 0 Å². The smallest absolute Gasteiger partial charge is 0.306 e. The van der Waals surface area contributed by atoms with Crippen LogP contribution in [-0.4, -0.2) is 20.5 Å². The van der Waals surface area contributed by atoms with E-state index in [1.54, 1.807) is 0 Å². The summed E-state index contributed by atoms with van der Waals surface area (Å²) >= 11 is 0.607. The molecule has 0 aliphatic carbocycles. The summed E-state index contributed by atoms with van der Waals surface area (Å²) < 4.78 is 31.9. The van der Waals surface area contributed by atoms with E-state index >= 15 is 0 Å². The summed E-state index contributed by atoms with van der Waals surface area (Å²) in [5.74, 6) is 0.221. The molecule has 2 rings (SSSR count). The number of rotatable bonds is 4. The molecule has 0 fully saturated rings. The zero-order chi connectivity index (χ0) is 15.6. The predicted octanol–water partition coefficient (Wildman–Crippen LogP) is 1.43. The molecule has 0 spiro atoms. The third-order valence-corrected chi connectivity index (χ3v) is 5.57. The standard InChI is InChI=1S/C12H11N3O4S2/c1-7-11(20-12(16)14-7)21(17,18)15-9-4-3-8(6-13)5-10(9)19-2/h3-5,15H,1-2H3,(H,14,16). The van der Waals surface area contributed by atoms with Gasteiger partial charge in [-0.2, -0.15) is 5.26 Å². The average Bonchev–Trinajstić information content (AvgIpc) is 2.78. The van der Waals surface area contributed by atoms with Crippen molar-refractivity contribution in [2.24, 2.45) is 0 Å². The molecular weight excluding hydrogens is 314 g/mol. The van der Waals surface area contributed by atoms with Crippen molar-refractivity contribution in [3.63, 3.8) is 0 Å². The number of aryl methyl sites for hydroxylation is 1. The second-order valence-electron chi connectivity index (χ2n) is 4.06. The number of nitrogens with one attached hydrogen (secondary N) is 2. The molecule has 0 aliphatic rings. The number of hydrogen-bond acceptors (Lipinski definition) is 6. The molecule has 2 N–H and O–H groups in total. The van der Waals surface area contributed by atoms with Gasteiger partial charge in [0.05, 0.1) is 24.4 Å². The summed E-state index contributed by atoms with van der Waals surface area (Å²) in [6.45, 7) is 1.50. The van der Waals surface area contributed by atoms with Gasteiger partial charge in [-0.25, -0.2) is 8.42 Å². The SMILES string of the molecule is COc1cc(C#N)ccc1NS(=O)(=O)c1sc(=O)[nH]c1C. The Morgan fingerprint density at radius 1 is 1.43 bits per heavy atom. The summed E-state index contributed by atoms with van der Waals surface area (Å²) in [6, 6.07) is 6.25. The fraction of sp³-hybridized carbons (Fsp3) is 0.167. The first-order valence-corrected chi connectivity index (χ1v) is 7.98. The highest BCUT2D eigenvalue weighted by atomic mass is 32.2. The quantitative estimate of drug-likeness (QED) is 0.883. The molecule has 0 saturated carbocycles. The summed E-state index contributed by atoms with van der Waals surface area (Å²) in [6.07, 6.45) is 0. The predicted molar refractivity (Wildman–Crippen MR) is 78.2 cm³/mol. The highest BCUT2D eigenvalue weighted by Crippen LogP contribution is 2.28. The van der Waals surface area contributed by atoms with Crippen molar-refractivity contribution in [3.05, 3.63) is 39.1 Å². The zero-order valence-electron chi connectivity index (χ0n) is 11.1. The van der Waals surface area contributed by atoms with Crippen LogP contribution in [0.1, 0.15) is 11.3 Å². The Morgan fingerprint density at radius 2 is 2.14 bits per heavy atom. The van der Waals surface area contributed by atoms with Crippen molar-refractivity contribution in [2.75, 3.05) is 11.8 Å². The van der Waals surface area contributed by atoms with Crippen molar-refractivity contribution in [1.29, 1.82) is 5.26 Å². The summed E-state index contributed by atoms with van der Waals surface area (Å²) in [7, 11) is -2.53. The van der Waals surface area contributed by atoms with Crippen molar-refractivity contribution >= 4 is 27.0 Å².